The Bertz CT molecular complexity index is 678. The highest BCUT2D eigenvalue weighted by Gasteiger charge is 2.60. The first kappa shape index (κ1) is 14.6. The van der Waals surface area contributed by atoms with Crippen molar-refractivity contribution in [1.29, 1.82) is 0 Å². The second-order valence-corrected chi connectivity index (χ2v) is 7.33. The van der Waals surface area contributed by atoms with E-state index in [0.29, 0.717) is 0 Å². The van der Waals surface area contributed by atoms with Gasteiger partial charge in [0.05, 0.1) is 6.61 Å². The van der Waals surface area contributed by atoms with E-state index in [-0.39, 0.29) is 12.4 Å². The summed E-state index contributed by atoms with van der Waals surface area (Å²) in [6.45, 7) is 2.44. The van der Waals surface area contributed by atoms with E-state index >= 15 is 4.39 Å². The lowest BCUT2D eigenvalue weighted by Crippen LogP contribution is -2.45. The highest BCUT2D eigenvalue weighted by Crippen LogP contribution is 2.56. The fourth-order valence-corrected chi connectivity index (χ4v) is 3.79. The minimum absolute atomic E-state index is 0.0323. The maximum Gasteiger partial charge on any atom is 0.351 e. The number of hydrogen-bond donors (Lipinski definition) is 1. The molecular formula is C11H15FN3O5P. The first-order chi connectivity index (χ1) is 9.71. The van der Waals surface area contributed by atoms with Crippen LogP contribution in [-0.2, 0) is 18.3 Å². The molecular weight excluding hydrogens is 304 g/mol. The molecule has 2 N–H and O–H groups in total. The number of nitrogens with two attached hydrogens (primary N) is 1. The number of hydrogen-bond acceptors (Lipinski definition) is 7. The molecule has 0 radical (unpaired) electrons. The molecule has 5 atom stereocenters. The van der Waals surface area contributed by atoms with Crippen LogP contribution in [0.4, 0.5) is 10.2 Å². The number of ether oxygens (including phenoxy) is 1. The van der Waals surface area contributed by atoms with Gasteiger partial charge in [0.1, 0.15) is 18.0 Å². The van der Waals surface area contributed by atoms with Gasteiger partial charge in [-0.15, -0.1) is 0 Å². The van der Waals surface area contributed by atoms with Crippen molar-refractivity contribution < 1.29 is 22.7 Å². The summed E-state index contributed by atoms with van der Waals surface area (Å²) in [7, 11) is -3.32. The lowest BCUT2D eigenvalue weighted by molar-refractivity contribution is -0.0628. The van der Waals surface area contributed by atoms with Gasteiger partial charge in [0.25, 0.3) is 0 Å². The van der Waals surface area contributed by atoms with E-state index < -0.39 is 37.4 Å². The number of nitrogens with zero attached hydrogens (tertiary/aromatic N) is 2. The molecule has 1 aromatic heterocycles. The molecule has 3 rings (SSSR count). The molecule has 2 fully saturated rings. The normalized spacial score (nSPS) is 42.7. The summed E-state index contributed by atoms with van der Waals surface area (Å²) in [6.07, 6.45) is -1.79. The zero-order chi connectivity index (χ0) is 15.4. The number of nitrogen functional groups attached to an aromatic ring is 1. The summed E-state index contributed by atoms with van der Waals surface area (Å²) in [5.41, 5.74) is 2.60. The van der Waals surface area contributed by atoms with E-state index in [0.717, 1.165) is 4.57 Å². The van der Waals surface area contributed by atoms with Crippen LogP contribution in [0.5, 0.6) is 0 Å². The van der Waals surface area contributed by atoms with Crippen molar-refractivity contribution in [1.82, 2.24) is 9.55 Å². The van der Waals surface area contributed by atoms with Crippen LogP contribution in [0, 0.1) is 0 Å². The van der Waals surface area contributed by atoms with E-state index in [2.05, 4.69) is 4.98 Å². The first-order valence-electron chi connectivity index (χ1n) is 6.30. The monoisotopic (exact) mass is 319 g/mol. The smallest absolute Gasteiger partial charge is 0.351 e. The van der Waals surface area contributed by atoms with Crippen molar-refractivity contribution in [3.8, 4) is 0 Å². The van der Waals surface area contributed by atoms with Gasteiger partial charge in [0, 0.05) is 12.9 Å². The second-order valence-electron chi connectivity index (χ2n) is 5.31. The Balaban J connectivity index is 1.98. The maximum absolute atomic E-state index is 15.1. The number of alkyl halides is 1. The summed E-state index contributed by atoms with van der Waals surface area (Å²) in [5.74, 6) is 0.0323. The molecule has 21 heavy (non-hydrogen) atoms. The molecule has 2 saturated heterocycles. The van der Waals surface area contributed by atoms with Gasteiger partial charge >= 0.3 is 13.3 Å². The third-order valence-electron chi connectivity index (χ3n) is 3.56. The maximum atomic E-state index is 15.1. The molecule has 1 unspecified atom stereocenters. The Morgan fingerprint density at radius 3 is 3.00 bits per heavy atom. The standard InChI is InChI=1S/C11H15FN3O5P/c1-11(12)8-6(5-18-21(2,17)20-8)19-9(11)15-4-3-7(13)14-10(15)16/h3-4,6,8-9H,5H2,1-2H3,(H2,13,14,16)/t6-,8-,9-,11-,21?/m1/s1. The zero-order valence-electron chi connectivity index (χ0n) is 11.4. The van der Waals surface area contributed by atoms with Gasteiger partial charge < -0.3 is 15.0 Å². The van der Waals surface area contributed by atoms with Gasteiger partial charge in [0.15, 0.2) is 11.9 Å². The lowest BCUT2D eigenvalue weighted by atomic mass is 9.98. The Labute approximate surface area is 119 Å². The zero-order valence-corrected chi connectivity index (χ0v) is 12.3. The number of anilines is 1. The summed E-state index contributed by atoms with van der Waals surface area (Å²) in [6, 6.07) is 1.37. The van der Waals surface area contributed by atoms with Crippen LogP contribution >= 0.6 is 7.60 Å². The molecule has 0 saturated carbocycles. The quantitative estimate of drug-likeness (QED) is 0.759. The van der Waals surface area contributed by atoms with E-state index in [9.17, 15) is 9.36 Å². The predicted molar refractivity (Wildman–Crippen MR) is 70.7 cm³/mol. The molecule has 0 amide bonds. The number of fused-ring (bicyclic) bond motifs is 1. The highest BCUT2D eigenvalue weighted by atomic mass is 31.2. The lowest BCUT2D eigenvalue weighted by Gasteiger charge is -2.33. The van der Waals surface area contributed by atoms with Gasteiger partial charge in [-0.2, -0.15) is 4.98 Å². The molecule has 0 aliphatic carbocycles. The Kier molecular flexibility index (Phi) is 3.21. The average Bonchev–Trinajstić information content (AvgIpc) is 2.61. The van der Waals surface area contributed by atoms with Crippen LogP contribution in [0.1, 0.15) is 13.2 Å². The SMILES string of the molecule is C[C@@]1(F)[C@@H]2OP(C)(=O)OC[C@H]2O[C@H]1n1ccc(N)nc1=O. The summed E-state index contributed by atoms with van der Waals surface area (Å²) in [4.78, 5) is 15.4. The van der Waals surface area contributed by atoms with Crippen molar-refractivity contribution in [3.05, 3.63) is 22.7 Å². The third kappa shape index (κ3) is 2.40. The van der Waals surface area contributed by atoms with Crippen molar-refractivity contribution in [2.24, 2.45) is 0 Å². The molecule has 0 spiro atoms. The van der Waals surface area contributed by atoms with E-state index in [4.69, 9.17) is 19.5 Å². The van der Waals surface area contributed by atoms with Crippen molar-refractivity contribution >= 4 is 13.4 Å². The molecule has 2 aliphatic rings. The Morgan fingerprint density at radius 1 is 1.62 bits per heavy atom. The molecule has 10 heteroatoms. The van der Waals surface area contributed by atoms with Gasteiger partial charge in [0.2, 0.25) is 0 Å². The molecule has 116 valence electrons. The van der Waals surface area contributed by atoms with E-state index in [1.165, 1.54) is 25.9 Å². The molecule has 0 aromatic carbocycles. The van der Waals surface area contributed by atoms with Crippen LogP contribution in [0.15, 0.2) is 17.1 Å². The number of aromatic nitrogens is 2. The molecule has 2 aliphatic heterocycles. The number of halogens is 1. The number of rotatable bonds is 1. The largest absolute Gasteiger partial charge is 0.383 e. The second kappa shape index (κ2) is 4.61. The van der Waals surface area contributed by atoms with Gasteiger partial charge in [-0.05, 0) is 13.0 Å². The fraction of sp³-hybridized carbons (Fsp3) is 0.636. The van der Waals surface area contributed by atoms with Crippen LogP contribution in [0.25, 0.3) is 0 Å². The van der Waals surface area contributed by atoms with Crippen LogP contribution in [0.2, 0.25) is 0 Å². The van der Waals surface area contributed by atoms with Gasteiger partial charge in [-0.25, -0.2) is 9.18 Å². The van der Waals surface area contributed by atoms with Crippen LogP contribution < -0.4 is 11.4 Å². The average molecular weight is 319 g/mol. The third-order valence-corrected chi connectivity index (χ3v) is 4.79. The molecule has 3 heterocycles. The summed E-state index contributed by atoms with van der Waals surface area (Å²) < 4.78 is 43.7. The fourth-order valence-electron chi connectivity index (χ4n) is 2.56. The molecule has 1 aromatic rings. The van der Waals surface area contributed by atoms with E-state index in [1.807, 2.05) is 0 Å². The minimum atomic E-state index is -3.32. The molecule has 0 bridgehead atoms. The first-order valence-corrected chi connectivity index (χ1v) is 8.29. The molecule has 8 nitrogen and oxygen atoms in total. The summed E-state index contributed by atoms with van der Waals surface area (Å²) >= 11 is 0. The van der Waals surface area contributed by atoms with Crippen molar-refractivity contribution in [2.75, 3.05) is 19.0 Å². The topological polar surface area (TPSA) is 106 Å². The van der Waals surface area contributed by atoms with Gasteiger partial charge in [-0.1, -0.05) is 0 Å². The van der Waals surface area contributed by atoms with E-state index in [1.54, 1.807) is 0 Å². The van der Waals surface area contributed by atoms with Crippen molar-refractivity contribution in [2.45, 2.75) is 31.0 Å². The minimum Gasteiger partial charge on any atom is -0.383 e. The Hall–Kier alpha value is -1.28. The van der Waals surface area contributed by atoms with Crippen LogP contribution in [0.3, 0.4) is 0 Å². The summed E-state index contributed by atoms with van der Waals surface area (Å²) in [5, 5.41) is 0. The predicted octanol–water partition coefficient (Wildman–Crippen LogP) is 0.689. The Morgan fingerprint density at radius 2 is 2.33 bits per heavy atom. The van der Waals surface area contributed by atoms with Crippen LogP contribution in [-0.4, -0.2) is 40.7 Å². The highest BCUT2D eigenvalue weighted by molar-refractivity contribution is 7.53. The van der Waals surface area contributed by atoms with Crippen molar-refractivity contribution in [3.63, 3.8) is 0 Å². The van der Waals surface area contributed by atoms with Gasteiger partial charge in [-0.3, -0.25) is 13.7 Å².